The van der Waals surface area contributed by atoms with Crippen LogP contribution in [0.3, 0.4) is 0 Å². The highest BCUT2D eigenvalue weighted by atomic mass is 16.5. The molecule has 0 radical (unpaired) electrons. The molecule has 1 atom stereocenters. The Hall–Kier alpha value is -0.500. The average Bonchev–Trinajstić information content (AvgIpc) is 2.28. The van der Waals surface area contributed by atoms with Gasteiger partial charge in [0.15, 0.2) is 0 Å². The van der Waals surface area contributed by atoms with Crippen molar-refractivity contribution in [2.75, 3.05) is 13.2 Å². The van der Waals surface area contributed by atoms with Crippen LogP contribution in [0, 0.1) is 0 Å². The standard InChI is InChI=1S/C14H29NO/c1-4-6-7-8-9-11-14(3)15-12-10-13-16-5-2/h5,14-15H,2,4,6-13H2,1,3H3. The first-order valence-electron chi connectivity index (χ1n) is 6.77. The van der Waals surface area contributed by atoms with Crippen LogP contribution in [0.25, 0.3) is 0 Å². The van der Waals surface area contributed by atoms with Gasteiger partial charge in [-0.05, 0) is 26.3 Å². The SMILES string of the molecule is C=COCCCNC(C)CCCCCCC. The van der Waals surface area contributed by atoms with Crippen LogP contribution in [0.15, 0.2) is 12.8 Å². The van der Waals surface area contributed by atoms with Crippen molar-refractivity contribution in [3.05, 3.63) is 12.8 Å². The number of nitrogens with one attached hydrogen (secondary N) is 1. The van der Waals surface area contributed by atoms with E-state index in [-0.39, 0.29) is 0 Å². The molecular formula is C14H29NO. The van der Waals surface area contributed by atoms with Crippen molar-refractivity contribution in [1.29, 1.82) is 0 Å². The minimum absolute atomic E-state index is 0.644. The van der Waals surface area contributed by atoms with Crippen molar-refractivity contribution >= 4 is 0 Å². The fourth-order valence-corrected chi connectivity index (χ4v) is 1.74. The zero-order valence-electron chi connectivity index (χ0n) is 11.1. The first-order chi connectivity index (χ1) is 7.81. The van der Waals surface area contributed by atoms with Crippen LogP contribution in [0.1, 0.15) is 58.8 Å². The number of ether oxygens (including phenoxy) is 1. The van der Waals surface area contributed by atoms with Crippen LogP contribution in [0.2, 0.25) is 0 Å². The van der Waals surface area contributed by atoms with Crippen molar-refractivity contribution in [2.45, 2.75) is 64.8 Å². The van der Waals surface area contributed by atoms with Gasteiger partial charge in [-0.15, -0.1) is 0 Å². The van der Waals surface area contributed by atoms with Gasteiger partial charge in [0.25, 0.3) is 0 Å². The van der Waals surface area contributed by atoms with E-state index in [1.807, 2.05) is 0 Å². The van der Waals surface area contributed by atoms with Gasteiger partial charge in [-0.1, -0.05) is 45.6 Å². The first kappa shape index (κ1) is 15.5. The third kappa shape index (κ3) is 11.6. The highest BCUT2D eigenvalue weighted by molar-refractivity contribution is 4.61. The maximum atomic E-state index is 5.06. The van der Waals surface area contributed by atoms with Gasteiger partial charge < -0.3 is 10.1 Å². The lowest BCUT2D eigenvalue weighted by Gasteiger charge is -2.13. The van der Waals surface area contributed by atoms with Crippen LogP contribution >= 0.6 is 0 Å². The van der Waals surface area contributed by atoms with Crippen molar-refractivity contribution in [1.82, 2.24) is 5.32 Å². The predicted octanol–water partition coefficient (Wildman–Crippen LogP) is 3.88. The monoisotopic (exact) mass is 227 g/mol. The van der Waals surface area contributed by atoms with E-state index >= 15 is 0 Å². The summed E-state index contributed by atoms with van der Waals surface area (Å²) in [5, 5.41) is 3.52. The Kier molecular flexibility index (Phi) is 12.2. The highest BCUT2D eigenvalue weighted by Crippen LogP contribution is 2.06. The Bertz CT molecular complexity index is 148. The minimum Gasteiger partial charge on any atom is -0.502 e. The number of hydrogen-bond donors (Lipinski definition) is 1. The minimum atomic E-state index is 0.644. The second kappa shape index (κ2) is 12.6. The Morgan fingerprint density at radius 1 is 1.19 bits per heavy atom. The van der Waals surface area contributed by atoms with E-state index in [4.69, 9.17) is 4.74 Å². The molecule has 0 aromatic heterocycles. The summed E-state index contributed by atoms with van der Waals surface area (Å²) in [6.07, 6.45) is 10.7. The fourth-order valence-electron chi connectivity index (χ4n) is 1.74. The zero-order valence-corrected chi connectivity index (χ0v) is 11.1. The van der Waals surface area contributed by atoms with Gasteiger partial charge >= 0.3 is 0 Å². The molecule has 16 heavy (non-hydrogen) atoms. The van der Waals surface area contributed by atoms with Gasteiger partial charge in [-0.2, -0.15) is 0 Å². The van der Waals surface area contributed by atoms with Crippen molar-refractivity contribution < 1.29 is 4.74 Å². The molecule has 2 nitrogen and oxygen atoms in total. The van der Waals surface area contributed by atoms with Crippen molar-refractivity contribution in [3.8, 4) is 0 Å². The molecule has 96 valence electrons. The Morgan fingerprint density at radius 2 is 1.94 bits per heavy atom. The summed E-state index contributed by atoms with van der Waals surface area (Å²) in [4.78, 5) is 0. The molecule has 0 amide bonds. The van der Waals surface area contributed by atoms with Gasteiger partial charge in [0.05, 0.1) is 12.9 Å². The van der Waals surface area contributed by atoms with Crippen LogP contribution in [0.5, 0.6) is 0 Å². The zero-order chi connectivity index (χ0) is 12.1. The molecule has 1 N–H and O–H groups in total. The molecule has 0 bridgehead atoms. The van der Waals surface area contributed by atoms with Crippen LogP contribution in [0.4, 0.5) is 0 Å². The molecule has 0 spiro atoms. The summed E-state index contributed by atoms with van der Waals surface area (Å²) in [5.41, 5.74) is 0. The van der Waals surface area contributed by atoms with Gasteiger partial charge in [-0.3, -0.25) is 0 Å². The maximum Gasteiger partial charge on any atom is 0.0885 e. The van der Waals surface area contributed by atoms with E-state index in [0.717, 1.165) is 19.6 Å². The quantitative estimate of drug-likeness (QED) is 0.403. The van der Waals surface area contributed by atoms with Gasteiger partial charge in [0.1, 0.15) is 0 Å². The topological polar surface area (TPSA) is 21.3 Å². The Labute approximate surface area is 101 Å². The highest BCUT2D eigenvalue weighted by Gasteiger charge is 2.00. The fraction of sp³-hybridized carbons (Fsp3) is 0.857. The normalized spacial score (nSPS) is 12.4. The van der Waals surface area contributed by atoms with Crippen molar-refractivity contribution in [2.24, 2.45) is 0 Å². The van der Waals surface area contributed by atoms with Crippen LogP contribution in [-0.2, 0) is 4.74 Å². The van der Waals surface area contributed by atoms with Gasteiger partial charge in [0, 0.05) is 6.04 Å². The van der Waals surface area contributed by atoms with E-state index < -0.39 is 0 Å². The summed E-state index contributed by atoms with van der Waals surface area (Å²) in [5.74, 6) is 0. The summed E-state index contributed by atoms with van der Waals surface area (Å²) in [6, 6.07) is 0.644. The van der Waals surface area contributed by atoms with Crippen LogP contribution < -0.4 is 5.32 Å². The number of unbranched alkanes of at least 4 members (excludes halogenated alkanes) is 4. The lowest BCUT2D eigenvalue weighted by atomic mass is 10.1. The summed E-state index contributed by atoms with van der Waals surface area (Å²) < 4.78 is 5.06. The first-order valence-corrected chi connectivity index (χ1v) is 6.77. The smallest absolute Gasteiger partial charge is 0.0885 e. The second-order valence-electron chi connectivity index (χ2n) is 4.45. The molecular weight excluding hydrogens is 198 g/mol. The molecule has 2 heteroatoms. The molecule has 0 aromatic carbocycles. The molecule has 0 heterocycles. The Balaban J connectivity index is 3.11. The average molecular weight is 227 g/mol. The molecule has 0 aliphatic carbocycles. The van der Waals surface area contributed by atoms with E-state index in [9.17, 15) is 0 Å². The van der Waals surface area contributed by atoms with Crippen LogP contribution in [-0.4, -0.2) is 19.2 Å². The predicted molar refractivity (Wildman–Crippen MR) is 71.6 cm³/mol. The third-order valence-electron chi connectivity index (χ3n) is 2.79. The maximum absolute atomic E-state index is 5.06. The second-order valence-corrected chi connectivity index (χ2v) is 4.45. The van der Waals surface area contributed by atoms with E-state index in [0.29, 0.717) is 6.04 Å². The third-order valence-corrected chi connectivity index (χ3v) is 2.79. The van der Waals surface area contributed by atoms with E-state index in [1.54, 1.807) is 0 Å². The molecule has 0 aromatic rings. The number of rotatable bonds is 12. The largest absolute Gasteiger partial charge is 0.502 e. The van der Waals surface area contributed by atoms with E-state index in [2.05, 4.69) is 25.7 Å². The summed E-state index contributed by atoms with van der Waals surface area (Å²) in [6.45, 7) is 9.87. The van der Waals surface area contributed by atoms with Crippen molar-refractivity contribution in [3.63, 3.8) is 0 Å². The molecule has 0 saturated heterocycles. The molecule has 0 aliphatic rings. The lowest BCUT2D eigenvalue weighted by Crippen LogP contribution is -2.27. The number of hydrogen-bond acceptors (Lipinski definition) is 2. The molecule has 0 aliphatic heterocycles. The molecule has 0 saturated carbocycles. The summed E-state index contributed by atoms with van der Waals surface area (Å²) >= 11 is 0. The molecule has 1 unspecified atom stereocenters. The van der Waals surface area contributed by atoms with Gasteiger partial charge in [0.2, 0.25) is 0 Å². The molecule has 0 rings (SSSR count). The van der Waals surface area contributed by atoms with E-state index in [1.165, 1.54) is 44.8 Å². The van der Waals surface area contributed by atoms with Gasteiger partial charge in [-0.25, -0.2) is 0 Å². The summed E-state index contributed by atoms with van der Waals surface area (Å²) in [7, 11) is 0. The molecule has 0 fully saturated rings. The Morgan fingerprint density at radius 3 is 2.62 bits per heavy atom. The lowest BCUT2D eigenvalue weighted by molar-refractivity contribution is 0.242.